The number of hydrogen-bond donors (Lipinski definition) is 2. The van der Waals surface area contributed by atoms with Gasteiger partial charge in [-0.2, -0.15) is 0 Å². The van der Waals surface area contributed by atoms with Crippen LogP contribution in [-0.2, 0) is 6.54 Å². The van der Waals surface area contributed by atoms with Crippen molar-refractivity contribution in [3.63, 3.8) is 0 Å². The second-order valence-corrected chi connectivity index (χ2v) is 8.33. The fraction of sp³-hybridized carbons (Fsp3) is 0.556. The summed E-state index contributed by atoms with van der Waals surface area (Å²) in [5, 5.41) is 15.1. The Bertz CT molecular complexity index is 734. The van der Waals surface area contributed by atoms with Crippen LogP contribution in [0.25, 0.3) is 0 Å². The van der Waals surface area contributed by atoms with E-state index < -0.39 is 5.60 Å². The van der Waals surface area contributed by atoms with Crippen molar-refractivity contribution in [2.24, 2.45) is 5.41 Å². The number of rotatable bonds is 6. The molecule has 2 N–H and O–H groups in total. The van der Waals surface area contributed by atoms with Crippen molar-refractivity contribution in [1.82, 2.24) is 14.8 Å². The maximum absolute atomic E-state index is 11.4. The van der Waals surface area contributed by atoms with Gasteiger partial charge in [0, 0.05) is 5.02 Å². The summed E-state index contributed by atoms with van der Waals surface area (Å²) in [6.45, 7) is 8.72. The average Bonchev–Trinajstić information content (AvgIpc) is 2.89. The second kappa shape index (κ2) is 7.38. The predicted octanol–water partition coefficient (Wildman–Crippen LogP) is 4.96. The van der Waals surface area contributed by atoms with E-state index in [2.05, 4.69) is 43.8 Å². The summed E-state index contributed by atoms with van der Waals surface area (Å²) in [5.41, 5.74) is 0.00263. The second-order valence-electron chi connectivity index (χ2n) is 7.53. The fourth-order valence-electron chi connectivity index (χ4n) is 2.78. The van der Waals surface area contributed by atoms with E-state index in [4.69, 9.17) is 23.8 Å². The molecule has 1 heterocycles. The van der Waals surface area contributed by atoms with Crippen molar-refractivity contribution in [3.05, 3.63) is 45.9 Å². The van der Waals surface area contributed by atoms with Gasteiger partial charge in [-0.1, -0.05) is 51.4 Å². The third-order valence-electron chi connectivity index (χ3n) is 4.84. The van der Waals surface area contributed by atoms with Gasteiger partial charge in [0.1, 0.15) is 6.33 Å². The summed E-state index contributed by atoms with van der Waals surface area (Å²) in [6, 6.07) is 7.92. The van der Waals surface area contributed by atoms with Crippen LogP contribution in [0.1, 0.15) is 52.0 Å². The Hall–Kier alpha value is -1.17. The SMILES string of the molecule is CC(CCC(O)(Cn1[nH]cnc1=S)C(C)(C)C)c1cccc(Cl)c1. The Balaban J connectivity index is 2.14. The quantitative estimate of drug-likeness (QED) is 0.710. The molecule has 0 aliphatic heterocycles. The number of aliphatic hydroxyl groups is 1. The standard InChI is InChI=1S/C18H26ClN3OS/c1-13(14-6-5-7-15(19)10-14)8-9-18(23,17(2,3)4)11-22-16(24)20-12-21-22/h5-7,10,12-13,23H,8-9,11H2,1-4H3,(H,20,21,24). The molecule has 0 radical (unpaired) electrons. The Kier molecular flexibility index (Phi) is 5.89. The number of nitrogens with one attached hydrogen (secondary N) is 1. The molecule has 2 unspecified atom stereocenters. The van der Waals surface area contributed by atoms with Gasteiger partial charge in [0.15, 0.2) is 0 Å². The van der Waals surface area contributed by atoms with Crippen LogP contribution in [0.4, 0.5) is 0 Å². The van der Waals surface area contributed by atoms with E-state index in [1.165, 1.54) is 5.56 Å². The molecule has 1 aromatic carbocycles. The molecule has 2 rings (SSSR count). The largest absolute Gasteiger partial charge is 0.387 e. The minimum atomic E-state index is -0.898. The number of benzene rings is 1. The van der Waals surface area contributed by atoms with Gasteiger partial charge in [-0.3, -0.25) is 9.78 Å². The van der Waals surface area contributed by atoms with Gasteiger partial charge < -0.3 is 5.11 Å². The molecule has 24 heavy (non-hydrogen) atoms. The average molecular weight is 368 g/mol. The lowest BCUT2D eigenvalue weighted by molar-refractivity contribution is -0.0822. The molecule has 1 aromatic heterocycles. The van der Waals surface area contributed by atoms with Crippen molar-refractivity contribution in [1.29, 1.82) is 0 Å². The minimum absolute atomic E-state index is 0.291. The van der Waals surface area contributed by atoms with Gasteiger partial charge in [-0.05, 0) is 54.1 Å². The molecule has 2 atom stereocenters. The lowest BCUT2D eigenvalue weighted by Gasteiger charge is -2.41. The van der Waals surface area contributed by atoms with Gasteiger partial charge in [0.05, 0.1) is 12.1 Å². The molecule has 0 aliphatic carbocycles. The fourth-order valence-corrected chi connectivity index (χ4v) is 3.15. The summed E-state index contributed by atoms with van der Waals surface area (Å²) >= 11 is 11.3. The first-order chi connectivity index (χ1) is 11.1. The Morgan fingerprint density at radius 1 is 1.38 bits per heavy atom. The first kappa shape index (κ1) is 19.2. The van der Waals surface area contributed by atoms with Gasteiger partial charge >= 0.3 is 0 Å². The molecular weight excluding hydrogens is 342 g/mol. The summed E-state index contributed by atoms with van der Waals surface area (Å²) in [7, 11) is 0. The number of H-pyrrole nitrogens is 1. The van der Waals surface area contributed by atoms with E-state index >= 15 is 0 Å². The molecule has 2 aromatic rings. The number of halogens is 1. The van der Waals surface area contributed by atoms with Crippen molar-refractivity contribution < 1.29 is 5.11 Å². The highest BCUT2D eigenvalue weighted by Crippen LogP contribution is 2.38. The van der Waals surface area contributed by atoms with Crippen LogP contribution in [0.15, 0.2) is 30.6 Å². The van der Waals surface area contributed by atoms with Crippen molar-refractivity contribution >= 4 is 23.8 Å². The third-order valence-corrected chi connectivity index (χ3v) is 5.40. The molecule has 0 saturated heterocycles. The number of aromatic amines is 1. The molecule has 0 aliphatic rings. The van der Waals surface area contributed by atoms with E-state index in [-0.39, 0.29) is 5.41 Å². The summed E-state index contributed by atoms with van der Waals surface area (Å²) in [4.78, 5) is 4.03. The van der Waals surface area contributed by atoms with Crippen LogP contribution in [0, 0.1) is 10.2 Å². The van der Waals surface area contributed by atoms with E-state index in [0.29, 0.717) is 23.7 Å². The van der Waals surface area contributed by atoms with Crippen molar-refractivity contribution in [2.45, 2.75) is 58.6 Å². The highest BCUT2D eigenvalue weighted by molar-refractivity contribution is 7.71. The third kappa shape index (κ3) is 4.47. The van der Waals surface area contributed by atoms with Crippen LogP contribution >= 0.6 is 23.8 Å². The van der Waals surface area contributed by atoms with Gasteiger partial charge in [-0.15, -0.1) is 0 Å². The van der Waals surface area contributed by atoms with Crippen molar-refractivity contribution in [2.75, 3.05) is 0 Å². The van der Waals surface area contributed by atoms with Crippen LogP contribution in [0.3, 0.4) is 0 Å². The highest BCUT2D eigenvalue weighted by Gasteiger charge is 2.40. The lowest BCUT2D eigenvalue weighted by atomic mass is 9.72. The Morgan fingerprint density at radius 3 is 2.62 bits per heavy atom. The molecule has 132 valence electrons. The summed E-state index contributed by atoms with van der Waals surface area (Å²) in [5.74, 6) is 0.312. The van der Waals surface area contributed by atoms with E-state index in [9.17, 15) is 5.11 Å². The Labute approximate surface area is 153 Å². The number of aromatic nitrogens is 3. The van der Waals surface area contributed by atoms with E-state index in [1.807, 2.05) is 18.2 Å². The molecule has 0 bridgehead atoms. The van der Waals surface area contributed by atoms with Crippen LogP contribution in [0.5, 0.6) is 0 Å². The maximum atomic E-state index is 11.4. The monoisotopic (exact) mass is 367 g/mol. The lowest BCUT2D eigenvalue weighted by Crippen LogP contribution is -2.47. The zero-order valence-electron chi connectivity index (χ0n) is 14.7. The van der Waals surface area contributed by atoms with Crippen LogP contribution in [0.2, 0.25) is 5.02 Å². The van der Waals surface area contributed by atoms with Crippen LogP contribution in [-0.4, -0.2) is 25.5 Å². The Morgan fingerprint density at radius 2 is 2.08 bits per heavy atom. The zero-order valence-corrected chi connectivity index (χ0v) is 16.3. The topological polar surface area (TPSA) is 53.8 Å². The number of hydrogen-bond acceptors (Lipinski definition) is 3. The highest BCUT2D eigenvalue weighted by atomic mass is 35.5. The van der Waals surface area contributed by atoms with Gasteiger partial charge in [0.25, 0.3) is 0 Å². The number of nitrogens with zero attached hydrogens (tertiary/aromatic N) is 2. The maximum Gasteiger partial charge on any atom is 0.215 e. The van der Waals surface area contributed by atoms with Gasteiger partial charge in [0.2, 0.25) is 4.77 Å². The normalized spacial score (nSPS) is 15.9. The molecule has 6 heteroatoms. The van der Waals surface area contributed by atoms with E-state index in [0.717, 1.165) is 11.4 Å². The molecule has 0 fully saturated rings. The smallest absolute Gasteiger partial charge is 0.215 e. The summed E-state index contributed by atoms with van der Waals surface area (Å²) in [6.07, 6.45) is 3.07. The van der Waals surface area contributed by atoms with Crippen LogP contribution < -0.4 is 0 Å². The zero-order chi connectivity index (χ0) is 18.0. The van der Waals surface area contributed by atoms with Gasteiger partial charge in [-0.25, -0.2) is 4.98 Å². The minimum Gasteiger partial charge on any atom is -0.387 e. The molecular formula is C18H26ClN3OS. The van der Waals surface area contributed by atoms with Crippen molar-refractivity contribution in [3.8, 4) is 0 Å². The molecule has 0 amide bonds. The molecule has 0 saturated carbocycles. The molecule has 0 spiro atoms. The first-order valence-electron chi connectivity index (χ1n) is 8.20. The van der Waals surface area contributed by atoms with E-state index in [1.54, 1.807) is 11.0 Å². The predicted molar refractivity (Wildman–Crippen MR) is 101 cm³/mol. The first-order valence-corrected chi connectivity index (χ1v) is 8.99. The molecule has 4 nitrogen and oxygen atoms in total. The summed E-state index contributed by atoms with van der Waals surface area (Å²) < 4.78 is 2.19.